The van der Waals surface area contributed by atoms with Gasteiger partial charge in [-0.1, -0.05) is 56.5 Å². The zero-order valence-corrected chi connectivity index (χ0v) is 15.7. The number of esters is 1. The standard InChI is InChI=1S/C21H27NO4/c1-4-6-8-13-16-17(20(23)24)14(3)22-19(15-11-9-7-10-12-15)18(16)21(25)26-5-2/h7,9-12,16,22H,4-6,8,13H2,1-3H3,(H,23,24). The van der Waals surface area contributed by atoms with Gasteiger partial charge < -0.3 is 15.2 Å². The summed E-state index contributed by atoms with van der Waals surface area (Å²) < 4.78 is 5.28. The van der Waals surface area contributed by atoms with E-state index < -0.39 is 17.9 Å². The summed E-state index contributed by atoms with van der Waals surface area (Å²) in [7, 11) is 0. The summed E-state index contributed by atoms with van der Waals surface area (Å²) in [5.41, 5.74) is 2.74. The number of carbonyl (C=O) groups excluding carboxylic acids is 1. The molecule has 0 aromatic heterocycles. The van der Waals surface area contributed by atoms with Crippen molar-refractivity contribution in [3.63, 3.8) is 0 Å². The molecule has 0 amide bonds. The quantitative estimate of drug-likeness (QED) is 0.541. The van der Waals surface area contributed by atoms with Gasteiger partial charge in [0.15, 0.2) is 0 Å². The molecule has 0 radical (unpaired) electrons. The fraction of sp³-hybridized carbons (Fsp3) is 0.429. The van der Waals surface area contributed by atoms with Crippen LogP contribution in [0.15, 0.2) is 47.2 Å². The number of hydrogen-bond acceptors (Lipinski definition) is 4. The number of carboxylic acid groups (broad SMARTS) is 1. The van der Waals surface area contributed by atoms with Crippen molar-refractivity contribution in [2.75, 3.05) is 6.61 Å². The number of benzene rings is 1. The second-order valence-corrected chi connectivity index (χ2v) is 6.39. The largest absolute Gasteiger partial charge is 0.478 e. The molecule has 0 bridgehead atoms. The van der Waals surface area contributed by atoms with Crippen LogP contribution in [0.4, 0.5) is 0 Å². The van der Waals surface area contributed by atoms with Crippen LogP contribution in [-0.4, -0.2) is 23.7 Å². The van der Waals surface area contributed by atoms with E-state index in [1.807, 2.05) is 30.3 Å². The maximum absolute atomic E-state index is 12.8. The van der Waals surface area contributed by atoms with Gasteiger partial charge in [-0.2, -0.15) is 0 Å². The molecule has 0 spiro atoms. The van der Waals surface area contributed by atoms with Gasteiger partial charge >= 0.3 is 11.9 Å². The number of nitrogens with one attached hydrogen (secondary N) is 1. The average molecular weight is 357 g/mol. The summed E-state index contributed by atoms with van der Waals surface area (Å²) in [5, 5.41) is 12.9. The summed E-state index contributed by atoms with van der Waals surface area (Å²) in [6.45, 7) is 5.85. The van der Waals surface area contributed by atoms with Crippen molar-refractivity contribution in [1.29, 1.82) is 0 Å². The molecule has 0 fully saturated rings. The van der Waals surface area contributed by atoms with Gasteiger partial charge in [-0.15, -0.1) is 0 Å². The number of carboxylic acids is 1. The van der Waals surface area contributed by atoms with Gasteiger partial charge in [0.2, 0.25) is 0 Å². The number of rotatable bonds is 8. The average Bonchev–Trinajstić information content (AvgIpc) is 2.62. The van der Waals surface area contributed by atoms with Crippen LogP contribution in [-0.2, 0) is 14.3 Å². The van der Waals surface area contributed by atoms with Crippen molar-refractivity contribution in [3.8, 4) is 0 Å². The fourth-order valence-corrected chi connectivity index (χ4v) is 3.38. The van der Waals surface area contributed by atoms with Crippen molar-refractivity contribution in [3.05, 3.63) is 52.7 Å². The molecule has 2 N–H and O–H groups in total. The smallest absolute Gasteiger partial charge is 0.336 e. The monoisotopic (exact) mass is 357 g/mol. The molecule has 5 heteroatoms. The highest BCUT2D eigenvalue weighted by Crippen LogP contribution is 2.37. The first-order chi connectivity index (χ1) is 12.5. The van der Waals surface area contributed by atoms with Crippen molar-refractivity contribution in [1.82, 2.24) is 5.32 Å². The maximum atomic E-state index is 12.8. The van der Waals surface area contributed by atoms with Gasteiger partial charge in [0.05, 0.1) is 23.5 Å². The number of hydrogen-bond donors (Lipinski definition) is 2. The number of carbonyl (C=O) groups is 2. The predicted molar refractivity (Wildman–Crippen MR) is 101 cm³/mol. The normalized spacial score (nSPS) is 17.1. The number of ether oxygens (including phenoxy) is 1. The second kappa shape index (κ2) is 9.22. The zero-order chi connectivity index (χ0) is 19.1. The maximum Gasteiger partial charge on any atom is 0.336 e. The third-order valence-electron chi connectivity index (χ3n) is 4.57. The van der Waals surface area contributed by atoms with E-state index in [1.54, 1.807) is 13.8 Å². The summed E-state index contributed by atoms with van der Waals surface area (Å²) in [4.78, 5) is 24.7. The molecule has 1 heterocycles. The predicted octanol–water partition coefficient (Wildman–Crippen LogP) is 4.12. The van der Waals surface area contributed by atoms with E-state index in [0.29, 0.717) is 23.4 Å². The lowest BCUT2D eigenvalue weighted by atomic mass is 9.80. The Bertz CT molecular complexity index is 719. The van der Waals surface area contributed by atoms with Gasteiger partial charge in [-0.05, 0) is 25.8 Å². The first-order valence-corrected chi connectivity index (χ1v) is 9.19. The summed E-state index contributed by atoms with van der Waals surface area (Å²) in [5.74, 6) is -1.92. The minimum Gasteiger partial charge on any atom is -0.478 e. The third kappa shape index (κ3) is 4.34. The first-order valence-electron chi connectivity index (χ1n) is 9.19. The minimum absolute atomic E-state index is 0.247. The Hall–Kier alpha value is -2.56. The lowest BCUT2D eigenvalue weighted by molar-refractivity contribution is -0.139. The molecule has 1 aliphatic heterocycles. The zero-order valence-electron chi connectivity index (χ0n) is 15.7. The van der Waals surface area contributed by atoms with Gasteiger partial charge in [0.25, 0.3) is 0 Å². The van der Waals surface area contributed by atoms with E-state index in [1.165, 1.54) is 0 Å². The molecule has 1 aliphatic rings. The molecular weight excluding hydrogens is 330 g/mol. The molecule has 26 heavy (non-hydrogen) atoms. The highest BCUT2D eigenvalue weighted by atomic mass is 16.5. The molecule has 0 saturated carbocycles. The Labute approximate surface area is 154 Å². The van der Waals surface area contributed by atoms with Gasteiger partial charge in [-0.3, -0.25) is 0 Å². The summed E-state index contributed by atoms with van der Waals surface area (Å²) in [6.07, 6.45) is 3.49. The van der Waals surface area contributed by atoms with E-state index in [2.05, 4.69) is 12.2 Å². The Balaban J connectivity index is 2.58. The number of dihydropyridines is 1. The van der Waals surface area contributed by atoms with Crippen molar-refractivity contribution in [2.45, 2.75) is 46.5 Å². The molecule has 140 valence electrons. The number of unbranched alkanes of at least 4 members (excludes halogenated alkanes) is 2. The number of aliphatic carboxylic acids is 1. The Morgan fingerprint density at radius 3 is 2.38 bits per heavy atom. The second-order valence-electron chi connectivity index (χ2n) is 6.39. The van der Waals surface area contributed by atoms with Crippen molar-refractivity contribution >= 4 is 17.6 Å². The van der Waals surface area contributed by atoms with Gasteiger partial charge in [0.1, 0.15) is 0 Å². The van der Waals surface area contributed by atoms with Crippen molar-refractivity contribution in [2.24, 2.45) is 5.92 Å². The summed E-state index contributed by atoms with van der Waals surface area (Å²) >= 11 is 0. The van der Waals surface area contributed by atoms with Crippen LogP contribution in [0.3, 0.4) is 0 Å². The molecule has 1 aromatic carbocycles. The topological polar surface area (TPSA) is 75.6 Å². The lowest BCUT2D eigenvalue weighted by Crippen LogP contribution is -2.33. The third-order valence-corrected chi connectivity index (χ3v) is 4.57. The molecule has 0 aliphatic carbocycles. The van der Waals surface area contributed by atoms with Crippen LogP contribution in [0.1, 0.15) is 52.0 Å². The van der Waals surface area contributed by atoms with Gasteiger partial charge in [-0.25, -0.2) is 9.59 Å². The number of allylic oxidation sites excluding steroid dienone is 1. The van der Waals surface area contributed by atoms with Crippen LogP contribution < -0.4 is 5.32 Å². The fourth-order valence-electron chi connectivity index (χ4n) is 3.38. The molecule has 1 unspecified atom stereocenters. The van der Waals surface area contributed by atoms with Crippen LogP contribution in [0.2, 0.25) is 0 Å². The highest BCUT2D eigenvalue weighted by Gasteiger charge is 2.37. The highest BCUT2D eigenvalue weighted by molar-refractivity contribution is 6.03. The lowest BCUT2D eigenvalue weighted by Gasteiger charge is -2.30. The van der Waals surface area contributed by atoms with Crippen molar-refractivity contribution < 1.29 is 19.4 Å². The van der Waals surface area contributed by atoms with E-state index in [-0.39, 0.29) is 12.2 Å². The molecule has 5 nitrogen and oxygen atoms in total. The molecular formula is C21H27NO4. The minimum atomic E-state index is -0.995. The van der Waals surface area contributed by atoms with E-state index >= 15 is 0 Å². The molecule has 0 saturated heterocycles. The van der Waals surface area contributed by atoms with Crippen LogP contribution in [0, 0.1) is 5.92 Å². The van der Waals surface area contributed by atoms with E-state index in [4.69, 9.17) is 4.74 Å². The van der Waals surface area contributed by atoms with Crippen LogP contribution in [0.5, 0.6) is 0 Å². The SMILES string of the molecule is CCCCCC1C(C(=O)O)=C(C)NC(c2ccccc2)=C1C(=O)OCC. The molecule has 1 atom stereocenters. The Morgan fingerprint density at radius 1 is 1.12 bits per heavy atom. The first kappa shape index (κ1) is 19.8. The molecule has 1 aromatic rings. The Kier molecular flexibility index (Phi) is 7.01. The van der Waals surface area contributed by atoms with Crippen LogP contribution in [0.25, 0.3) is 5.70 Å². The van der Waals surface area contributed by atoms with Gasteiger partial charge in [0, 0.05) is 11.6 Å². The molecule has 2 rings (SSSR count). The van der Waals surface area contributed by atoms with E-state index in [9.17, 15) is 14.7 Å². The van der Waals surface area contributed by atoms with E-state index in [0.717, 1.165) is 24.8 Å². The Morgan fingerprint density at radius 2 is 1.81 bits per heavy atom. The summed E-state index contributed by atoms with van der Waals surface area (Å²) in [6, 6.07) is 9.50. The van der Waals surface area contributed by atoms with Crippen LogP contribution >= 0.6 is 0 Å².